The minimum Gasteiger partial charge on any atom is -0.475 e. The fourth-order valence-electron chi connectivity index (χ4n) is 0.814. The van der Waals surface area contributed by atoms with Crippen molar-refractivity contribution in [3.63, 3.8) is 0 Å². The van der Waals surface area contributed by atoms with Crippen LogP contribution in [0, 0.1) is 5.82 Å². The molecule has 0 aliphatic heterocycles. The number of rotatable bonds is 3. The maximum absolute atomic E-state index is 12.5. The zero-order valence-corrected chi connectivity index (χ0v) is 6.53. The molecule has 0 radical (unpaired) electrons. The highest BCUT2D eigenvalue weighted by atomic mass is 19.1. The topological polar surface area (TPSA) is 67.3 Å². The van der Waals surface area contributed by atoms with E-state index in [4.69, 9.17) is 5.11 Å². The first-order valence-corrected chi connectivity index (χ1v) is 3.45. The Bertz CT molecular complexity index is 351. The van der Waals surface area contributed by atoms with Crippen molar-refractivity contribution in [2.45, 2.75) is 6.42 Å². The summed E-state index contributed by atoms with van der Waals surface area (Å²) in [6.07, 6.45) is 1.90. The third-order valence-corrected chi connectivity index (χ3v) is 1.36. The van der Waals surface area contributed by atoms with E-state index in [0.29, 0.717) is 0 Å². The molecule has 1 aromatic heterocycles. The van der Waals surface area contributed by atoms with Crippen LogP contribution in [-0.2, 0) is 16.0 Å². The van der Waals surface area contributed by atoms with E-state index in [1.807, 2.05) is 0 Å². The number of carbonyl (C=O) groups excluding carboxylic acids is 1. The number of halogens is 1. The number of nitrogens with zero attached hydrogens (tertiary/aromatic N) is 1. The quantitative estimate of drug-likeness (QED) is 0.689. The van der Waals surface area contributed by atoms with Crippen LogP contribution >= 0.6 is 0 Å². The number of aliphatic carboxylic acids is 1. The van der Waals surface area contributed by atoms with Crippen LogP contribution < -0.4 is 0 Å². The van der Waals surface area contributed by atoms with Crippen molar-refractivity contribution in [3.05, 3.63) is 29.8 Å². The summed E-state index contributed by atoms with van der Waals surface area (Å²) >= 11 is 0. The average molecular weight is 183 g/mol. The summed E-state index contributed by atoms with van der Waals surface area (Å²) in [4.78, 5) is 24.3. The lowest BCUT2D eigenvalue weighted by Crippen LogP contribution is -2.15. The molecule has 1 heterocycles. The van der Waals surface area contributed by atoms with Crippen LogP contribution in [0.1, 0.15) is 5.56 Å². The predicted molar refractivity (Wildman–Crippen MR) is 40.5 cm³/mol. The Morgan fingerprint density at radius 3 is 2.69 bits per heavy atom. The summed E-state index contributed by atoms with van der Waals surface area (Å²) < 4.78 is 12.5. The first kappa shape index (κ1) is 9.31. The maximum Gasteiger partial charge on any atom is 0.372 e. The molecule has 68 valence electrons. The van der Waals surface area contributed by atoms with Gasteiger partial charge in [-0.15, -0.1) is 0 Å². The number of pyridine rings is 1. The highest BCUT2D eigenvalue weighted by molar-refractivity contribution is 6.33. The predicted octanol–water partition coefficient (Wildman–Crippen LogP) is 0.417. The molecule has 1 rings (SSSR count). The van der Waals surface area contributed by atoms with Gasteiger partial charge in [0.15, 0.2) is 0 Å². The Balaban J connectivity index is 2.75. The molecule has 0 amide bonds. The summed E-state index contributed by atoms with van der Waals surface area (Å²) in [5.74, 6) is -3.09. The maximum atomic E-state index is 12.5. The lowest BCUT2D eigenvalue weighted by Gasteiger charge is -1.96. The minimum absolute atomic E-state index is 0.257. The number of carboxylic acids is 1. The number of hydrogen-bond donors (Lipinski definition) is 1. The number of carbonyl (C=O) groups is 2. The smallest absolute Gasteiger partial charge is 0.372 e. The third-order valence-electron chi connectivity index (χ3n) is 1.36. The van der Waals surface area contributed by atoms with Gasteiger partial charge in [-0.05, 0) is 11.6 Å². The van der Waals surface area contributed by atoms with Crippen LogP contribution in [0.25, 0.3) is 0 Å². The number of hydrogen-bond acceptors (Lipinski definition) is 3. The third kappa shape index (κ3) is 2.62. The van der Waals surface area contributed by atoms with Crippen LogP contribution in [0.5, 0.6) is 0 Å². The Kier molecular flexibility index (Phi) is 2.69. The van der Waals surface area contributed by atoms with E-state index in [0.717, 1.165) is 12.3 Å². The molecular weight excluding hydrogens is 177 g/mol. The average Bonchev–Trinajstić information content (AvgIpc) is 2.04. The van der Waals surface area contributed by atoms with E-state index in [1.165, 1.54) is 6.20 Å². The molecule has 1 aromatic rings. The van der Waals surface area contributed by atoms with E-state index < -0.39 is 17.6 Å². The molecule has 5 heteroatoms. The molecule has 0 spiro atoms. The van der Waals surface area contributed by atoms with Gasteiger partial charge >= 0.3 is 5.97 Å². The van der Waals surface area contributed by atoms with E-state index >= 15 is 0 Å². The monoisotopic (exact) mass is 183 g/mol. The highest BCUT2D eigenvalue weighted by Gasteiger charge is 2.12. The van der Waals surface area contributed by atoms with E-state index in [2.05, 4.69) is 4.98 Å². The van der Waals surface area contributed by atoms with E-state index in [-0.39, 0.29) is 12.0 Å². The van der Waals surface area contributed by atoms with Crippen molar-refractivity contribution < 1.29 is 19.1 Å². The summed E-state index contributed by atoms with van der Waals surface area (Å²) in [5, 5.41) is 8.25. The van der Waals surface area contributed by atoms with Gasteiger partial charge in [0, 0.05) is 12.6 Å². The van der Waals surface area contributed by atoms with Gasteiger partial charge in [-0.3, -0.25) is 9.78 Å². The summed E-state index contributed by atoms with van der Waals surface area (Å²) in [6, 6.07) is 1.08. The van der Waals surface area contributed by atoms with Gasteiger partial charge in [0.1, 0.15) is 5.82 Å². The second kappa shape index (κ2) is 3.75. The molecule has 0 saturated heterocycles. The molecule has 13 heavy (non-hydrogen) atoms. The molecule has 4 nitrogen and oxygen atoms in total. The molecule has 0 bridgehead atoms. The second-order valence-corrected chi connectivity index (χ2v) is 2.42. The molecular formula is C8H6FNO3. The molecule has 1 N–H and O–H groups in total. The van der Waals surface area contributed by atoms with Crippen molar-refractivity contribution in [1.82, 2.24) is 4.98 Å². The van der Waals surface area contributed by atoms with Gasteiger partial charge in [-0.25, -0.2) is 9.18 Å². The molecule has 0 aromatic carbocycles. The minimum atomic E-state index is -1.52. The number of carboxylic acid groups (broad SMARTS) is 1. The van der Waals surface area contributed by atoms with Gasteiger partial charge in [0.2, 0.25) is 5.78 Å². The normalized spacial score (nSPS) is 9.62. The Morgan fingerprint density at radius 1 is 1.46 bits per heavy atom. The van der Waals surface area contributed by atoms with Crippen molar-refractivity contribution >= 4 is 11.8 Å². The molecule has 0 saturated carbocycles. The van der Waals surface area contributed by atoms with Gasteiger partial charge in [-0.1, -0.05) is 0 Å². The fourth-order valence-corrected chi connectivity index (χ4v) is 0.814. The molecule has 0 unspecified atom stereocenters. The van der Waals surface area contributed by atoms with Crippen LogP contribution in [0.3, 0.4) is 0 Å². The standard InChI is InChI=1S/C8H6FNO3/c9-6-1-5(3-10-4-6)2-7(11)8(12)13/h1,3-4H,2H2,(H,12,13). The van der Waals surface area contributed by atoms with Crippen molar-refractivity contribution in [3.8, 4) is 0 Å². The summed E-state index contributed by atoms with van der Waals surface area (Å²) in [7, 11) is 0. The van der Waals surface area contributed by atoms with Gasteiger partial charge in [-0.2, -0.15) is 0 Å². The van der Waals surface area contributed by atoms with Crippen molar-refractivity contribution in [2.24, 2.45) is 0 Å². The summed E-state index contributed by atoms with van der Waals surface area (Å²) in [6.45, 7) is 0. The van der Waals surface area contributed by atoms with Gasteiger partial charge < -0.3 is 5.11 Å². The lowest BCUT2D eigenvalue weighted by atomic mass is 10.1. The van der Waals surface area contributed by atoms with Crippen LogP contribution in [0.4, 0.5) is 4.39 Å². The lowest BCUT2D eigenvalue weighted by molar-refractivity contribution is -0.148. The Labute approximate surface area is 73.0 Å². The Hall–Kier alpha value is -1.78. The summed E-state index contributed by atoms with van der Waals surface area (Å²) in [5.41, 5.74) is 0.257. The second-order valence-electron chi connectivity index (χ2n) is 2.42. The van der Waals surface area contributed by atoms with Crippen LogP contribution in [-0.4, -0.2) is 21.8 Å². The van der Waals surface area contributed by atoms with Gasteiger partial charge in [0.05, 0.1) is 6.20 Å². The van der Waals surface area contributed by atoms with Crippen molar-refractivity contribution in [2.75, 3.05) is 0 Å². The van der Waals surface area contributed by atoms with Crippen LogP contribution in [0.15, 0.2) is 18.5 Å². The molecule has 0 aliphatic carbocycles. The van der Waals surface area contributed by atoms with E-state index in [9.17, 15) is 14.0 Å². The SMILES string of the molecule is O=C(O)C(=O)Cc1cncc(F)c1. The first-order valence-electron chi connectivity index (χ1n) is 3.45. The first-order chi connectivity index (χ1) is 6.09. The van der Waals surface area contributed by atoms with Crippen molar-refractivity contribution in [1.29, 1.82) is 0 Å². The van der Waals surface area contributed by atoms with E-state index in [1.54, 1.807) is 0 Å². The molecule has 0 atom stereocenters. The Morgan fingerprint density at radius 2 is 2.15 bits per heavy atom. The van der Waals surface area contributed by atoms with Crippen LogP contribution in [0.2, 0.25) is 0 Å². The molecule has 0 aliphatic rings. The van der Waals surface area contributed by atoms with Gasteiger partial charge in [0.25, 0.3) is 0 Å². The number of Topliss-reactive ketones (excluding diaryl/α,β-unsaturated/α-hetero) is 1. The zero-order chi connectivity index (χ0) is 9.84. The number of ketones is 1. The largest absolute Gasteiger partial charge is 0.475 e. The fraction of sp³-hybridized carbons (Fsp3) is 0.125. The number of aromatic nitrogens is 1. The molecule has 0 fully saturated rings. The highest BCUT2D eigenvalue weighted by Crippen LogP contribution is 2.01. The zero-order valence-electron chi connectivity index (χ0n) is 6.53.